The topological polar surface area (TPSA) is 41.0 Å². The number of nitrogens with one attached hydrogen (secondary N) is 1. The molecule has 8 heteroatoms. The molecule has 114 valence electrons. The third-order valence-corrected chi connectivity index (χ3v) is 4.29. The third kappa shape index (κ3) is 4.05. The number of hydrogen-bond donors (Lipinski definition) is 1. The fourth-order valence-electron chi connectivity index (χ4n) is 2.27. The predicted molar refractivity (Wildman–Crippen MR) is 73.0 cm³/mol. The van der Waals surface area contributed by atoms with Crippen LogP contribution in [0.4, 0.5) is 18.3 Å². The van der Waals surface area contributed by atoms with Gasteiger partial charge in [-0.1, -0.05) is 25.2 Å². The lowest BCUT2D eigenvalue weighted by atomic mass is 9.98. The van der Waals surface area contributed by atoms with Crippen LogP contribution in [-0.4, -0.2) is 35.9 Å². The Kier molecular flexibility index (Phi) is 4.85. The van der Waals surface area contributed by atoms with Gasteiger partial charge in [0.2, 0.25) is 10.1 Å². The molecule has 0 amide bonds. The molecule has 1 aliphatic rings. The SMILES string of the molecule is CC(C)NCC1CCCN(c2nnc(C(F)(F)F)s2)C1. The number of piperidine rings is 1. The number of anilines is 1. The number of halogens is 3. The molecule has 4 nitrogen and oxygen atoms in total. The lowest BCUT2D eigenvalue weighted by Crippen LogP contribution is -2.41. The van der Waals surface area contributed by atoms with Gasteiger partial charge in [-0.2, -0.15) is 13.2 Å². The Morgan fingerprint density at radius 2 is 2.15 bits per heavy atom. The summed E-state index contributed by atoms with van der Waals surface area (Å²) in [5.74, 6) is 0.449. The van der Waals surface area contributed by atoms with Crippen LogP contribution in [0.15, 0.2) is 0 Å². The normalized spacial score (nSPS) is 20.7. The van der Waals surface area contributed by atoms with Gasteiger partial charge >= 0.3 is 6.18 Å². The van der Waals surface area contributed by atoms with Crippen LogP contribution in [0.3, 0.4) is 0 Å². The Hall–Kier alpha value is -0.890. The summed E-state index contributed by atoms with van der Waals surface area (Å²) in [7, 11) is 0. The van der Waals surface area contributed by atoms with Crippen LogP contribution in [0.5, 0.6) is 0 Å². The molecule has 1 atom stereocenters. The molecule has 0 spiro atoms. The van der Waals surface area contributed by atoms with E-state index in [0.29, 0.717) is 28.4 Å². The van der Waals surface area contributed by atoms with E-state index in [1.165, 1.54) is 0 Å². The second-order valence-electron chi connectivity index (χ2n) is 5.40. The molecule has 1 saturated heterocycles. The highest BCUT2D eigenvalue weighted by molar-refractivity contribution is 7.15. The van der Waals surface area contributed by atoms with Crippen molar-refractivity contribution in [1.82, 2.24) is 15.5 Å². The molecule has 0 saturated carbocycles. The smallest absolute Gasteiger partial charge is 0.346 e. The predicted octanol–water partition coefficient (Wildman–Crippen LogP) is 2.77. The molecular weight excluding hydrogens is 289 g/mol. The lowest BCUT2D eigenvalue weighted by molar-refractivity contribution is -0.138. The summed E-state index contributed by atoms with van der Waals surface area (Å²) in [6.45, 7) is 6.55. The summed E-state index contributed by atoms with van der Waals surface area (Å²) < 4.78 is 37.6. The zero-order valence-corrected chi connectivity index (χ0v) is 12.4. The van der Waals surface area contributed by atoms with Gasteiger partial charge in [0.1, 0.15) is 0 Å². The Labute approximate surface area is 120 Å². The van der Waals surface area contributed by atoms with Crippen LogP contribution in [0.2, 0.25) is 0 Å². The maximum absolute atomic E-state index is 12.5. The molecule has 1 unspecified atom stereocenters. The van der Waals surface area contributed by atoms with Crippen LogP contribution in [-0.2, 0) is 6.18 Å². The monoisotopic (exact) mass is 308 g/mol. The van der Waals surface area contributed by atoms with Crippen molar-refractivity contribution in [3.63, 3.8) is 0 Å². The zero-order valence-electron chi connectivity index (χ0n) is 11.6. The molecule has 2 rings (SSSR count). The number of alkyl halides is 3. The average molecular weight is 308 g/mol. The van der Waals surface area contributed by atoms with E-state index in [0.717, 1.165) is 32.5 Å². The molecule has 2 heterocycles. The van der Waals surface area contributed by atoms with Crippen LogP contribution >= 0.6 is 11.3 Å². The van der Waals surface area contributed by atoms with Crippen LogP contribution < -0.4 is 10.2 Å². The van der Waals surface area contributed by atoms with E-state index in [1.54, 1.807) is 0 Å². The van der Waals surface area contributed by atoms with E-state index in [1.807, 2.05) is 4.90 Å². The van der Waals surface area contributed by atoms with Crippen molar-refractivity contribution in [2.45, 2.75) is 38.9 Å². The van der Waals surface area contributed by atoms with Crippen LogP contribution in [0.1, 0.15) is 31.7 Å². The van der Waals surface area contributed by atoms with Crippen LogP contribution in [0, 0.1) is 5.92 Å². The number of aromatic nitrogens is 2. The molecule has 1 N–H and O–H groups in total. The Morgan fingerprint density at radius 3 is 2.75 bits per heavy atom. The highest BCUT2D eigenvalue weighted by atomic mass is 32.1. The van der Waals surface area contributed by atoms with Crippen molar-refractivity contribution in [1.29, 1.82) is 0 Å². The van der Waals surface area contributed by atoms with Gasteiger partial charge in [-0.05, 0) is 25.3 Å². The van der Waals surface area contributed by atoms with Crippen molar-refractivity contribution >= 4 is 16.5 Å². The minimum Gasteiger partial charge on any atom is -0.346 e. The van der Waals surface area contributed by atoms with Gasteiger partial charge < -0.3 is 10.2 Å². The third-order valence-electron chi connectivity index (χ3n) is 3.26. The van der Waals surface area contributed by atoms with Crippen molar-refractivity contribution in [3.05, 3.63) is 5.01 Å². The first-order chi connectivity index (χ1) is 9.36. The summed E-state index contributed by atoms with van der Waals surface area (Å²) in [5, 5.41) is 9.83. The average Bonchev–Trinajstić information content (AvgIpc) is 2.86. The molecule has 0 radical (unpaired) electrons. The number of nitrogens with zero attached hydrogens (tertiary/aromatic N) is 3. The Balaban J connectivity index is 1.96. The van der Waals surface area contributed by atoms with Gasteiger partial charge in [0.15, 0.2) is 0 Å². The molecule has 0 aromatic carbocycles. The van der Waals surface area contributed by atoms with Crippen molar-refractivity contribution < 1.29 is 13.2 Å². The Bertz CT molecular complexity index is 433. The van der Waals surface area contributed by atoms with Gasteiger partial charge in [-0.3, -0.25) is 0 Å². The molecular formula is C12H19F3N4S. The van der Waals surface area contributed by atoms with E-state index < -0.39 is 11.2 Å². The van der Waals surface area contributed by atoms with Gasteiger partial charge in [0, 0.05) is 19.1 Å². The standard InChI is InChI=1S/C12H19F3N4S/c1-8(2)16-6-9-4-3-5-19(7-9)11-18-17-10(20-11)12(13,14)15/h8-9,16H,3-7H2,1-2H3. The lowest BCUT2D eigenvalue weighted by Gasteiger charge is -2.32. The maximum atomic E-state index is 12.5. The molecule has 0 aliphatic carbocycles. The first-order valence-corrected chi connectivity index (χ1v) is 7.57. The van der Waals surface area contributed by atoms with Crippen molar-refractivity contribution in [2.75, 3.05) is 24.5 Å². The Morgan fingerprint density at radius 1 is 1.40 bits per heavy atom. The maximum Gasteiger partial charge on any atom is 0.445 e. The summed E-state index contributed by atoms with van der Waals surface area (Å²) in [5.41, 5.74) is 0. The van der Waals surface area contributed by atoms with E-state index >= 15 is 0 Å². The van der Waals surface area contributed by atoms with Gasteiger partial charge in [0.25, 0.3) is 0 Å². The molecule has 1 aromatic heterocycles. The molecule has 1 aliphatic heterocycles. The fourth-order valence-corrected chi connectivity index (χ4v) is 3.01. The van der Waals surface area contributed by atoms with E-state index in [4.69, 9.17) is 0 Å². The van der Waals surface area contributed by atoms with Gasteiger partial charge in [0.05, 0.1) is 0 Å². The number of rotatable bonds is 4. The quantitative estimate of drug-likeness (QED) is 0.928. The van der Waals surface area contributed by atoms with Gasteiger partial charge in [-0.25, -0.2) is 0 Å². The van der Waals surface area contributed by atoms with E-state index in [-0.39, 0.29) is 0 Å². The van der Waals surface area contributed by atoms with E-state index in [2.05, 4.69) is 29.4 Å². The summed E-state index contributed by atoms with van der Waals surface area (Å²) in [6.07, 6.45) is -2.32. The molecule has 20 heavy (non-hydrogen) atoms. The molecule has 0 bridgehead atoms. The first kappa shape index (κ1) is 15.5. The first-order valence-electron chi connectivity index (χ1n) is 6.75. The second-order valence-corrected chi connectivity index (χ2v) is 6.36. The number of hydrogen-bond acceptors (Lipinski definition) is 5. The van der Waals surface area contributed by atoms with Crippen molar-refractivity contribution in [3.8, 4) is 0 Å². The second kappa shape index (κ2) is 6.26. The summed E-state index contributed by atoms with van der Waals surface area (Å²) in [4.78, 5) is 1.92. The minimum atomic E-state index is -4.40. The molecule has 1 fully saturated rings. The van der Waals surface area contributed by atoms with Crippen LogP contribution in [0.25, 0.3) is 0 Å². The largest absolute Gasteiger partial charge is 0.445 e. The highest BCUT2D eigenvalue weighted by Crippen LogP contribution is 2.35. The molecule has 1 aromatic rings. The zero-order chi connectivity index (χ0) is 14.8. The summed E-state index contributed by atoms with van der Waals surface area (Å²) in [6, 6.07) is 0.420. The van der Waals surface area contributed by atoms with Crippen molar-refractivity contribution in [2.24, 2.45) is 5.92 Å². The minimum absolute atomic E-state index is 0.381. The van der Waals surface area contributed by atoms with Gasteiger partial charge in [-0.15, -0.1) is 10.2 Å². The van der Waals surface area contributed by atoms with E-state index in [9.17, 15) is 13.2 Å². The highest BCUT2D eigenvalue weighted by Gasteiger charge is 2.36. The fraction of sp³-hybridized carbons (Fsp3) is 0.833. The summed E-state index contributed by atoms with van der Waals surface area (Å²) >= 11 is 0.631.